The summed E-state index contributed by atoms with van der Waals surface area (Å²) in [6.07, 6.45) is 3.86. The molecule has 0 saturated carbocycles. The third kappa shape index (κ3) is 2.11. The number of rotatable bonds is 3. The molecule has 0 aromatic carbocycles. The molecule has 0 aliphatic rings. The zero-order chi connectivity index (χ0) is 8.97. The second-order valence-electron chi connectivity index (χ2n) is 2.57. The Balaban J connectivity index is 2.93. The Morgan fingerprint density at radius 3 is 2.92 bits per heavy atom. The quantitative estimate of drug-likeness (QED) is 0.707. The Bertz CT molecular complexity index is 270. The monoisotopic (exact) mass is 179 g/mol. The molecule has 0 amide bonds. The number of hydrogen-bond donors (Lipinski definition) is 0. The summed E-state index contributed by atoms with van der Waals surface area (Å²) < 4.78 is 0. The zero-order valence-electron chi connectivity index (χ0n) is 7.45. The molecule has 1 nitrogen and oxygen atoms in total. The van der Waals surface area contributed by atoms with Crippen molar-refractivity contribution in [2.45, 2.75) is 12.2 Å². The van der Waals surface area contributed by atoms with E-state index in [-0.39, 0.29) is 0 Å². The minimum absolute atomic E-state index is 0.463. The molecule has 0 radical (unpaired) electrons. The Morgan fingerprint density at radius 2 is 2.33 bits per heavy atom. The first-order valence-corrected chi connectivity index (χ1v) is 5.19. The lowest BCUT2D eigenvalue weighted by molar-refractivity contribution is 1.00. The van der Waals surface area contributed by atoms with Crippen LogP contribution in [-0.4, -0.2) is 11.2 Å². The van der Waals surface area contributed by atoms with E-state index in [9.17, 15) is 0 Å². The van der Waals surface area contributed by atoms with Gasteiger partial charge < -0.3 is 0 Å². The highest BCUT2D eigenvalue weighted by atomic mass is 32.2. The minimum atomic E-state index is 0.463. The Hall–Kier alpha value is -0.760. The van der Waals surface area contributed by atoms with Gasteiger partial charge in [0.1, 0.15) is 0 Å². The van der Waals surface area contributed by atoms with Crippen molar-refractivity contribution in [2.24, 2.45) is 0 Å². The summed E-state index contributed by atoms with van der Waals surface area (Å²) in [5, 5.41) is 0.463. The summed E-state index contributed by atoms with van der Waals surface area (Å²) >= 11 is 1.80. The molecule has 64 valence electrons. The van der Waals surface area contributed by atoms with Crippen molar-refractivity contribution in [1.29, 1.82) is 0 Å². The lowest BCUT2D eigenvalue weighted by Crippen LogP contribution is -1.93. The lowest BCUT2D eigenvalue weighted by Gasteiger charge is -2.07. The first-order chi connectivity index (χ1) is 5.77. The maximum Gasteiger partial charge on any atom is 0.0627 e. The van der Waals surface area contributed by atoms with Gasteiger partial charge in [-0.1, -0.05) is 12.6 Å². The van der Waals surface area contributed by atoms with Crippen molar-refractivity contribution in [1.82, 2.24) is 4.98 Å². The van der Waals surface area contributed by atoms with Gasteiger partial charge in [0.15, 0.2) is 0 Å². The molecule has 12 heavy (non-hydrogen) atoms. The molecule has 0 N–H and O–H groups in total. The number of nitrogens with zero attached hydrogens (tertiary/aromatic N) is 1. The van der Waals surface area contributed by atoms with E-state index in [4.69, 9.17) is 0 Å². The largest absolute Gasteiger partial charge is 0.252 e. The summed E-state index contributed by atoms with van der Waals surface area (Å²) in [5.74, 6) is 0. The third-order valence-electron chi connectivity index (χ3n) is 1.77. The molecule has 0 fully saturated rings. The van der Waals surface area contributed by atoms with Crippen LogP contribution in [0.25, 0.3) is 6.08 Å². The summed E-state index contributed by atoms with van der Waals surface area (Å²) in [6.45, 7) is 5.84. The molecule has 1 heterocycles. The molecule has 1 rings (SSSR count). The van der Waals surface area contributed by atoms with Crippen molar-refractivity contribution < 1.29 is 0 Å². The van der Waals surface area contributed by atoms with Gasteiger partial charge in [0, 0.05) is 5.25 Å². The highest BCUT2D eigenvalue weighted by molar-refractivity contribution is 7.98. The minimum Gasteiger partial charge on any atom is -0.252 e. The molecule has 2 heteroatoms. The van der Waals surface area contributed by atoms with E-state index in [2.05, 4.69) is 24.7 Å². The summed E-state index contributed by atoms with van der Waals surface area (Å²) in [7, 11) is 0. The average Bonchev–Trinajstić information content (AvgIpc) is 2.17. The highest BCUT2D eigenvalue weighted by Crippen LogP contribution is 2.23. The van der Waals surface area contributed by atoms with Gasteiger partial charge in [-0.15, -0.1) is 0 Å². The van der Waals surface area contributed by atoms with E-state index < -0.39 is 0 Å². The number of pyridine rings is 1. The van der Waals surface area contributed by atoms with Crippen LogP contribution in [0.15, 0.2) is 24.8 Å². The topological polar surface area (TPSA) is 12.9 Å². The molecule has 0 aliphatic carbocycles. The van der Waals surface area contributed by atoms with Gasteiger partial charge in [0.2, 0.25) is 0 Å². The second kappa shape index (κ2) is 4.31. The van der Waals surface area contributed by atoms with Gasteiger partial charge in [0.25, 0.3) is 0 Å². The van der Waals surface area contributed by atoms with E-state index in [1.807, 2.05) is 18.2 Å². The number of thioether (sulfide) groups is 1. The number of hydrogen-bond acceptors (Lipinski definition) is 2. The maximum absolute atomic E-state index is 4.42. The van der Waals surface area contributed by atoms with E-state index in [0.29, 0.717) is 5.25 Å². The van der Waals surface area contributed by atoms with Crippen LogP contribution >= 0.6 is 11.8 Å². The third-order valence-corrected chi connectivity index (χ3v) is 2.72. The van der Waals surface area contributed by atoms with Gasteiger partial charge in [-0.2, -0.15) is 11.8 Å². The van der Waals surface area contributed by atoms with Crippen LogP contribution in [0.4, 0.5) is 0 Å². The van der Waals surface area contributed by atoms with Crippen molar-refractivity contribution >= 4 is 17.8 Å². The molecule has 0 spiro atoms. The summed E-state index contributed by atoms with van der Waals surface area (Å²) in [4.78, 5) is 4.42. The van der Waals surface area contributed by atoms with Crippen LogP contribution in [0, 0.1) is 0 Å². The first kappa shape index (κ1) is 9.33. The molecule has 0 bridgehead atoms. The van der Waals surface area contributed by atoms with E-state index in [1.54, 1.807) is 17.8 Å². The molecule has 0 saturated heterocycles. The van der Waals surface area contributed by atoms with Crippen LogP contribution in [0.5, 0.6) is 0 Å². The van der Waals surface area contributed by atoms with Crippen molar-refractivity contribution in [3.8, 4) is 0 Å². The Kier molecular flexibility index (Phi) is 3.35. The molecular formula is C10H13NS. The molecular weight excluding hydrogens is 166 g/mol. The molecule has 1 atom stereocenters. The molecule has 0 aliphatic heterocycles. The zero-order valence-corrected chi connectivity index (χ0v) is 8.27. The van der Waals surface area contributed by atoms with Crippen LogP contribution in [0.1, 0.15) is 23.6 Å². The summed E-state index contributed by atoms with van der Waals surface area (Å²) in [6, 6.07) is 6.03. The smallest absolute Gasteiger partial charge is 0.0627 e. The lowest BCUT2D eigenvalue weighted by atomic mass is 10.2. The predicted molar refractivity (Wildman–Crippen MR) is 56.3 cm³/mol. The van der Waals surface area contributed by atoms with Crippen LogP contribution < -0.4 is 0 Å². The van der Waals surface area contributed by atoms with E-state index in [1.165, 1.54) is 0 Å². The first-order valence-electron chi connectivity index (χ1n) is 3.90. The van der Waals surface area contributed by atoms with Crippen molar-refractivity contribution in [3.05, 3.63) is 36.2 Å². The van der Waals surface area contributed by atoms with E-state index in [0.717, 1.165) is 11.4 Å². The fraction of sp³-hybridized carbons (Fsp3) is 0.300. The molecule has 1 aromatic rings. The second-order valence-corrected chi connectivity index (χ2v) is 3.75. The SMILES string of the molecule is C=Cc1cccc(C(C)SC)n1. The maximum atomic E-state index is 4.42. The number of aromatic nitrogens is 1. The van der Waals surface area contributed by atoms with Crippen molar-refractivity contribution in [3.63, 3.8) is 0 Å². The standard InChI is InChI=1S/C10H13NS/c1-4-9-6-5-7-10(11-9)8(2)12-3/h4-8H,1H2,2-3H3. The highest BCUT2D eigenvalue weighted by Gasteiger charge is 2.03. The summed E-state index contributed by atoms with van der Waals surface area (Å²) in [5.41, 5.74) is 2.08. The molecule has 1 aromatic heterocycles. The molecule has 1 unspecified atom stereocenters. The van der Waals surface area contributed by atoms with Gasteiger partial charge in [0.05, 0.1) is 11.4 Å². The van der Waals surface area contributed by atoms with Gasteiger partial charge in [-0.3, -0.25) is 4.98 Å². The van der Waals surface area contributed by atoms with Gasteiger partial charge >= 0.3 is 0 Å². The van der Waals surface area contributed by atoms with E-state index >= 15 is 0 Å². The predicted octanol–water partition coefficient (Wildman–Crippen LogP) is 3.15. The van der Waals surface area contributed by atoms with Crippen LogP contribution in [0.3, 0.4) is 0 Å². The van der Waals surface area contributed by atoms with Gasteiger partial charge in [-0.05, 0) is 31.4 Å². The van der Waals surface area contributed by atoms with Gasteiger partial charge in [-0.25, -0.2) is 0 Å². The fourth-order valence-corrected chi connectivity index (χ4v) is 1.30. The average molecular weight is 179 g/mol. The normalized spacial score (nSPS) is 12.5. The fourth-order valence-electron chi connectivity index (χ4n) is 0.930. The Labute approximate surface area is 77.9 Å². The van der Waals surface area contributed by atoms with Crippen molar-refractivity contribution in [2.75, 3.05) is 6.26 Å². The van der Waals surface area contributed by atoms with Crippen LogP contribution in [-0.2, 0) is 0 Å². The van der Waals surface area contributed by atoms with Crippen LogP contribution in [0.2, 0.25) is 0 Å². The Morgan fingerprint density at radius 1 is 1.58 bits per heavy atom.